The van der Waals surface area contributed by atoms with Gasteiger partial charge in [0.15, 0.2) is 0 Å². The van der Waals surface area contributed by atoms with Crippen LogP contribution in [-0.2, 0) is 0 Å². The predicted octanol–water partition coefficient (Wildman–Crippen LogP) is 3.64. The monoisotopic (exact) mass is 320 g/mol. The molecule has 14 heavy (non-hydrogen) atoms. The lowest BCUT2D eigenvalue weighted by Gasteiger charge is -2.24. The van der Waals surface area contributed by atoms with Crippen LogP contribution in [0.15, 0.2) is 21.1 Å². The average Bonchev–Trinajstić information content (AvgIpc) is 2.10. The number of hydrogen-bond acceptors (Lipinski definition) is 2. The van der Waals surface area contributed by atoms with Crippen LogP contribution in [0.1, 0.15) is 13.8 Å². The zero-order chi connectivity index (χ0) is 10.7. The van der Waals surface area contributed by atoms with Crippen molar-refractivity contribution in [2.75, 3.05) is 23.7 Å². The average molecular weight is 322 g/mol. The molecule has 0 atom stereocenters. The molecule has 0 unspecified atom stereocenters. The molecule has 1 aromatic carbocycles. The smallest absolute Gasteiger partial charge is 0.0656 e. The van der Waals surface area contributed by atoms with Crippen LogP contribution in [0, 0.1) is 0 Å². The minimum atomic E-state index is 0.764. The van der Waals surface area contributed by atoms with E-state index in [1.807, 2.05) is 12.1 Å². The molecule has 0 spiro atoms. The maximum Gasteiger partial charge on any atom is 0.0656 e. The van der Waals surface area contributed by atoms with Crippen LogP contribution in [0.4, 0.5) is 11.4 Å². The summed E-state index contributed by atoms with van der Waals surface area (Å²) in [5, 5.41) is 0. The summed E-state index contributed by atoms with van der Waals surface area (Å²) >= 11 is 7.06. The third kappa shape index (κ3) is 2.42. The molecule has 0 amide bonds. The van der Waals surface area contributed by atoms with Gasteiger partial charge in [0.25, 0.3) is 0 Å². The van der Waals surface area contributed by atoms with Crippen molar-refractivity contribution < 1.29 is 0 Å². The molecule has 2 N–H and O–H groups in total. The first-order valence-electron chi connectivity index (χ1n) is 4.59. The summed E-state index contributed by atoms with van der Waals surface area (Å²) in [6.07, 6.45) is 0. The topological polar surface area (TPSA) is 29.3 Å². The Hall–Kier alpha value is -0.220. The van der Waals surface area contributed by atoms with Crippen LogP contribution < -0.4 is 10.6 Å². The summed E-state index contributed by atoms with van der Waals surface area (Å²) < 4.78 is 2.07. The Balaban J connectivity index is 3.19. The van der Waals surface area contributed by atoms with Crippen molar-refractivity contribution in [2.24, 2.45) is 0 Å². The quantitative estimate of drug-likeness (QED) is 0.861. The second kappa shape index (κ2) is 5.03. The minimum absolute atomic E-state index is 0.764. The Bertz CT molecular complexity index is 299. The van der Waals surface area contributed by atoms with E-state index in [-0.39, 0.29) is 0 Å². The van der Waals surface area contributed by atoms with Crippen molar-refractivity contribution in [3.63, 3.8) is 0 Å². The fourth-order valence-corrected chi connectivity index (χ4v) is 3.15. The molecule has 1 rings (SSSR count). The Morgan fingerprint density at radius 2 is 1.57 bits per heavy atom. The van der Waals surface area contributed by atoms with Crippen molar-refractivity contribution in [1.29, 1.82) is 0 Å². The van der Waals surface area contributed by atoms with Gasteiger partial charge >= 0.3 is 0 Å². The summed E-state index contributed by atoms with van der Waals surface area (Å²) in [7, 11) is 0. The van der Waals surface area contributed by atoms with Gasteiger partial charge < -0.3 is 10.6 Å². The highest BCUT2D eigenvalue weighted by Crippen LogP contribution is 2.36. The normalized spacial score (nSPS) is 10.3. The molecule has 0 bridgehead atoms. The van der Waals surface area contributed by atoms with Gasteiger partial charge in [0, 0.05) is 27.7 Å². The molecule has 4 heteroatoms. The van der Waals surface area contributed by atoms with Gasteiger partial charge in [-0.15, -0.1) is 0 Å². The first-order chi connectivity index (χ1) is 6.60. The Morgan fingerprint density at radius 1 is 1.14 bits per heavy atom. The molecule has 1 aromatic rings. The van der Waals surface area contributed by atoms with Crippen LogP contribution in [-0.4, -0.2) is 13.1 Å². The van der Waals surface area contributed by atoms with E-state index in [1.165, 1.54) is 5.69 Å². The number of benzene rings is 1. The van der Waals surface area contributed by atoms with Crippen LogP contribution in [0.3, 0.4) is 0 Å². The molecule has 0 aromatic heterocycles. The fraction of sp³-hybridized carbons (Fsp3) is 0.400. The molecule has 0 radical (unpaired) electrons. The van der Waals surface area contributed by atoms with Crippen LogP contribution in [0.5, 0.6) is 0 Å². The maximum atomic E-state index is 5.73. The van der Waals surface area contributed by atoms with Crippen molar-refractivity contribution in [2.45, 2.75) is 13.8 Å². The molecule has 2 nitrogen and oxygen atoms in total. The lowest BCUT2D eigenvalue weighted by Crippen LogP contribution is -2.22. The SMILES string of the molecule is CCN(CC)c1c(Br)cc(N)cc1Br. The van der Waals surface area contributed by atoms with E-state index >= 15 is 0 Å². The molecule has 0 heterocycles. The molecule has 78 valence electrons. The third-order valence-electron chi connectivity index (χ3n) is 2.12. The standard InChI is InChI=1S/C10H14Br2N2/c1-3-14(4-2)10-8(11)5-7(13)6-9(10)12/h5-6H,3-4,13H2,1-2H3. The van der Waals surface area contributed by atoms with E-state index in [0.29, 0.717) is 0 Å². The second-order valence-corrected chi connectivity index (χ2v) is 4.71. The summed E-state index contributed by atoms with van der Waals surface area (Å²) in [5.41, 5.74) is 7.67. The highest BCUT2D eigenvalue weighted by molar-refractivity contribution is 9.11. The van der Waals surface area contributed by atoms with Crippen molar-refractivity contribution in [3.8, 4) is 0 Å². The van der Waals surface area contributed by atoms with E-state index in [0.717, 1.165) is 27.7 Å². The summed E-state index contributed by atoms with van der Waals surface area (Å²) in [5.74, 6) is 0. The molecular formula is C10H14Br2N2. The molecule has 0 aliphatic carbocycles. The van der Waals surface area contributed by atoms with Crippen molar-refractivity contribution >= 4 is 43.2 Å². The zero-order valence-electron chi connectivity index (χ0n) is 8.35. The zero-order valence-corrected chi connectivity index (χ0v) is 11.5. The lowest BCUT2D eigenvalue weighted by atomic mass is 10.2. The minimum Gasteiger partial charge on any atom is -0.399 e. The summed E-state index contributed by atoms with van der Waals surface area (Å²) in [6.45, 7) is 6.24. The van der Waals surface area contributed by atoms with Crippen LogP contribution in [0.25, 0.3) is 0 Å². The van der Waals surface area contributed by atoms with Gasteiger partial charge in [-0.3, -0.25) is 0 Å². The fourth-order valence-electron chi connectivity index (χ4n) is 1.43. The number of nitrogens with two attached hydrogens (primary N) is 1. The van der Waals surface area contributed by atoms with E-state index in [4.69, 9.17) is 5.73 Å². The highest BCUT2D eigenvalue weighted by atomic mass is 79.9. The third-order valence-corrected chi connectivity index (χ3v) is 3.33. The molecular weight excluding hydrogens is 308 g/mol. The van der Waals surface area contributed by atoms with Crippen LogP contribution >= 0.6 is 31.9 Å². The van der Waals surface area contributed by atoms with Gasteiger partial charge in [-0.2, -0.15) is 0 Å². The maximum absolute atomic E-state index is 5.73. The summed E-state index contributed by atoms with van der Waals surface area (Å²) in [6, 6.07) is 3.86. The Labute approximate surface area is 102 Å². The van der Waals surface area contributed by atoms with E-state index in [2.05, 4.69) is 50.6 Å². The van der Waals surface area contributed by atoms with Gasteiger partial charge in [-0.25, -0.2) is 0 Å². The Morgan fingerprint density at radius 3 is 1.93 bits per heavy atom. The number of rotatable bonds is 3. The second-order valence-electron chi connectivity index (χ2n) is 3.01. The molecule has 0 fully saturated rings. The lowest BCUT2D eigenvalue weighted by molar-refractivity contribution is 0.861. The number of hydrogen-bond donors (Lipinski definition) is 1. The summed E-state index contributed by atoms with van der Waals surface area (Å²) in [4.78, 5) is 2.27. The van der Waals surface area contributed by atoms with Gasteiger partial charge in [-0.1, -0.05) is 0 Å². The number of nitrogen functional groups attached to an aromatic ring is 1. The molecule has 0 saturated heterocycles. The molecule has 0 aliphatic rings. The number of nitrogens with zero attached hydrogens (tertiary/aromatic N) is 1. The molecule has 0 aliphatic heterocycles. The van der Waals surface area contributed by atoms with Gasteiger partial charge in [0.1, 0.15) is 0 Å². The molecule has 0 saturated carbocycles. The van der Waals surface area contributed by atoms with E-state index in [9.17, 15) is 0 Å². The Kier molecular flexibility index (Phi) is 4.26. The van der Waals surface area contributed by atoms with Gasteiger partial charge in [0.05, 0.1) is 5.69 Å². The number of halogens is 2. The van der Waals surface area contributed by atoms with E-state index in [1.54, 1.807) is 0 Å². The van der Waals surface area contributed by atoms with Gasteiger partial charge in [0.2, 0.25) is 0 Å². The number of anilines is 2. The van der Waals surface area contributed by atoms with Crippen molar-refractivity contribution in [3.05, 3.63) is 21.1 Å². The van der Waals surface area contributed by atoms with Crippen LogP contribution in [0.2, 0.25) is 0 Å². The predicted molar refractivity (Wildman–Crippen MR) is 69.8 cm³/mol. The van der Waals surface area contributed by atoms with Crippen molar-refractivity contribution in [1.82, 2.24) is 0 Å². The highest BCUT2D eigenvalue weighted by Gasteiger charge is 2.11. The first-order valence-corrected chi connectivity index (χ1v) is 6.18. The largest absolute Gasteiger partial charge is 0.399 e. The van der Waals surface area contributed by atoms with E-state index < -0.39 is 0 Å². The van der Waals surface area contributed by atoms with Gasteiger partial charge in [-0.05, 0) is 57.8 Å². The first kappa shape index (κ1) is 11.9.